The summed E-state index contributed by atoms with van der Waals surface area (Å²) in [7, 11) is 0. The summed E-state index contributed by atoms with van der Waals surface area (Å²) < 4.78 is 0. The Balaban J connectivity index is 2.26. The monoisotopic (exact) mass is 295 g/mol. The molecule has 0 aliphatic carbocycles. The van der Waals surface area contributed by atoms with Crippen LogP contribution in [0.3, 0.4) is 0 Å². The van der Waals surface area contributed by atoms with Gasteiger partial charge in [0.05, 0.1) is 16.3 Å². The minimum atomic E-state index is -0.956. The fourth-order valence-corrected chi connectivity index (χ4v) is 2.02. The van der Waals surface area contributed by atoms with Gasteiger partial charge in [0, 0.05) is 10.7 Å². The second-order valence-electron chi connectivity index (χ2n) is 4.09. The first-order valence-corrected chi connectivity index (χ1v) is 6.29. The molecule has 0 fully saturated rings. The summed E-state index contributed by atoms with van der Waals surface area (Å²) in [5, 5.41) is 13.1. The van der Waals surface area contributed by atoms with Crippen LogP contribution in [0.15, 0.2) is 36.4 Å². The third-order valence-electron chi connectivity index (χ3n) is 2.66. The molecule has 0 aromatic heterocycles. The second kappa shape index (κ2) is 5.51. The zero-order valence-electron chi connectivity index (χ0n) is 10.1. The molecule has 2 aromatic rings. The van der Waals surface area contributed by atoms with Crippen LogP contribution in [0.1, 0.15) is 15.9 Å². The van der Waals surface area contributed by atoms with Crippen LogP contribution in [0.25, 0.3) is 0 Å². The van der Waals surface area contributed by atoms with E-state index in [2.05, 4.69) is 5.32 Å². The first-order chi connectivity index (χ1) is 8.97. The van der Waals surface area contributed by atoms with Crippen LogP contribution in [0.5, 0.6) is 0 Å². The van der Waals surface area contributed by atoms with Crippen molar-refractivity contribution in [3.63, 3.8) is 0 Å². The Morgan fingerprint density at radius 2 is 1.74 bits per heavy atom. The van der Waals surface area contributed by atoms with Crippen molar-refractivity contribution in [3.05, 3.63) is 57.6 Å². The third-order valence-corrected chi connectivity index (χ3v) is 3.38. The minimum Gasteiger partial charge on any atom is -0.478 e. The molecule has 0 aliphatic rings. The number of halogens is 2. The molecule has 0 amide bonds. The number of benzene rings is 2. The molecular formula is C14H11Cl2NO2. The van der Waals surface area contributed by atoms with E-state index < -0.39 is 5.97 Å². The van der Waals surface area contributed by atoms with Gasteiger partial charge in [-0.2, -0.15) is 0 Å². The molecule has 2 N–H and O–H groups in total. The Morgan fingerprint density at radius 3 is 2.32 bits per heavy atom. The maximum Gasteiger partial charge on any atom is 0.335 e. The van der Waals surface area contributed by atoms with Gasteiger partial charge in [0.15, 0.2) is 0 Å². The number of nitrogens with one attached hydrogen (secondary N) is 1. The molecular weight excluding hydrogens is 285 g/mol. The van der Waals surface area contributed by atoms with Gasteiger partial charge in [-0.05, 0) is 48.9 Å². The zero-order chi connectivity index (χ0) is 14.0. The molecule has 0 spiro atoms. The highest BCUT2D eigenvalue weighted by Crippen LogP contribution is 2.31. The van der Waals surface area contributed by atoms with Crippen molar-refractivity contribution in [1.82, 2.24) is 0 Å². The van der Waals surface area contributed by atoms with E-state index >= 15 is 0 Å². The molecule has 0 saturated heterocycles. The molecule has 98 valence electrons. The smallest absolute Gasteiger partial charge is 0.335 e. The van der Waals surface area contributed by atoms with E-state index in [4.69, 9.17) is 28.3 Å². The molecule has 0 aliphatic heterocycles. The summed E-state index contributed by atoms with van der Waals surface area (Å²) in [6, 6.07) is 9.91. The van der Waals surface area contributed by atoms with Gasteiger partial charge in [0.2, 0.25) is 0 Å². The molecule has 0 radical (unpaired) electrons. The lowest BCUT2D eigenvalue weighted by molar-refractivity contribution is 0.0697. The van der Waals surface area contributed by atoms with Crippen molar-refractivity contribution in [2.75, 3.05) is 5.32 Å². The highest BCUT2D eigenvalue weighted by Gasteiger charge is 2.06. The van der Waals surface area contributed by atoms with E-state index in [0.717, 1.165) is 11.3 Å². The van der Waals surface area contributed by atoms with Gasteiger partial charge in [-0.25, -0.2) is 4.79 Å². The molecule has 5 heteroatoms. The number of aryl methyl sites for hydroxylation is 1. The maximum atomic E-state index is 10.7. The van der Waals surface area contributed by atoms with Gasteiger partial charge >= 0.3 is 5.97 Å². The van der Waals surface area contributed by atoms with Crippen molar-refractivity contribution >= 4 is 40.5 Å². The van der Waals surface area contributed by atoms with E-state index in [1.165, 1.54) is 12.1 Å². The van der Waals surface area contributed by atoms with E-state index in [1.807, 2.05) is 6.92 Å². The van der Waals surface area contributed by atoms with Gasteiger partial charge in [0.1, 0.15) is 0 Å². The summed E-state index contributed by atoms with van der Waals surface area (Å²) in [4.78, 5) is 10.7. The lowest BCUT2D eigenvalue weighted by atomic mass is 10.2. The average Bonchev–Trinajstić information content (AvgIpc) is 2.36. The maximum absolute atomic E-state index is 10.7. The Hall–Kier alpha value is -1.71. The Morgan fingerprint density at radius 1 is 1.11 bits per heavy atom. The van der Waals surface area contributed by atoms with Crippen molar-refractivity contribution in [3.8, 4) is 0 Å². The normalized spacial score (nSPS) is 10.3. The van der Waals surface area contributed by atoms with Gasteiger partial charge in [0.25, 0.3) is 0 Å². The van der Waals surface area contributed by atoms with Crippen LogP contribution in [0, 0.1) is 6.92 Å². The standard InChI is InChI=1S/C14H11Cl2NO2/c1-8-6-12(16)13(7-11(8)15)17-10-4-2-9(3-5-10)14(18)19/h2-7,17H,1H3,(H,18,19). The number of carbonyl (C=O) groups is 1. The lowest BCUT2D eigenvalue weighted by Crippen LogP contribution is -1.97. The summed E-state index contributed by atoms with van der Waals surface area (Å²) in [6.07, 6.45) is 0. The van der Waals surface area contributed by atoms with Gasteiger partial charge in [-0.1, -0.05) is 23.2 Å². The number of hydrogen-bond acceptors (Lipinski definition) is 2. The van der Waals surface area contributed by atoms with Crippen molar-refractivity contribution < 1.29 is 9.90 Å². The molecule has 0 bridgehead atoms. The van der Waals surface area contributed by atoms with Gasteiger partial charge in [-0.15, -0.1) is 0 Å². The molecule has 19 heavy (non-hydrogen) atoms. The summed E-state index contributed by atoms with van der Waals surface area (Å²) in [5.41, 5.74) is 2.56. The van der Waals surface area contributed by atoms with Crippen LogP contribution in [0.4, 0.5) is 11.4 Å². The summed E-state index contributed by atoms with van der Waals surface area (Å²) in [6.45, 7) is 1.87. The predicted molar refractivity (Wildman–Crippen MR) is 77.9 cm³/mol. The Kier molecular flexibility index (Phi) is 3.98. The van der Waals surface area contributed by atoms with E-state index in [0.29, 0.717) is 15.7 Å². The highest BCUT2D eigenvalue weighted by atomic mass is 35.5. The summed E-state index contributed by atoms with van der Waals surface area (Å²) >= 11 is 12.2. The van der Waals surface area contributed by atoms with Crippen molar-refractivity contribution in [2.24, 2.45) is 0 Å². The average molecular weight is 296 g/mol. The molecule has 2 aromatic carbocycles. The van der Waals surface area contributed by atoms with Crippen LogP contribution in [-0.2, 0) is 0 Å². The number of hydrogen-bond donors (Lipinski definition) is 2. The van der Waals surface area contributed by atoms with Crippen LogP contribution < -0.4 is 5.32 Å². The van der Waals surface area contributed by atoms with Gasteiger partial charge < -0.3 is 10.4 Å². The van der Waals surface area contributed by atoms with Gasteiger partial charge in [-0.3, -0.25) is 0 Å². The number of rotatable bonds is 3. The molecule has 2 rings (SSSR count). The zero-order valence-corrected chi connectivity index (χ0v) is 11.6. The molecule has 0 heterocycles. The Bertz CT molecular complexity index is 624. The molecule has 3 nitrogen and oxygen atoms in total. The fraction of sp³-hybridized carbons (Fsp3) is 0.0714. The first-order valence-electron chi connectivity index (χ1n) is 5.53. The highest BCUT2D eigenvalue weighted by molar-refractivity contribution is 6.35. The van der Waals surface area contributed by atoms with Crippen LogP contribution in [0.2, 0.25) is 10.0 Å². The number of aromatic carboxylic acids is 1. The second-order valence-corrected chi connectivity index (χ2v) is 4.90. The Labute approximate surface area is 120 Å². The summed E-state index contributed by atoms with van der Waals surface area (Å²) in [5.74, 6) is -0.956. The first kappa shape index (κ1) is 13.7. The topological polar surface area (TPSA) is 49.3 Å². The van der Waals surface area contributed by atoms with E-state index in [1.54, 1.807) is 24.3 Å². The lowest BCUT2D eigenvalue weighted by Gasteiger charge is -2.10. The quantitative estimate of drug-likeness (QED) is 0.859. The third kappa shape index (κ3) is 3.19. The van der Waals surface area contributed by atoms with Crippen LogP contribution >= 0.6 is 23.2 Å². The van der Waals surface area contributed by atoms with Crippen molar-refractivity contribution in [2.45, 2.75) is 6.92 Å². The number of carboxylic acid groups (broad SMARTS) is 1. The fourth-order valence-electron chi connectivity index (χ4n) is 1.59. The molecule has 0 unspecified atom stereocenters. The minimum absolute atomic E-state index is 0.235. The van der Waals surface area contributed by atoms with Crippen LogP contribution in [-0.4, -0.2) is 11.1 Å². The number of carboxylic acids is 1. The molecule has 0 atom stereocenters. The van der Waals surface area contributed by atoms with E-state index in [-0.39, 0.29) is 5.56 Å². The number of anilines is 2. The van der Waals surface area contributed by atoms with Crippen molar-refractivity contribution in [1.29, 1.82) is 0 Å². The molecule has 0 saturated carbocycles. The largest absolute Gasteiger partial charge is 0.478 e. The predicted octanol–water partition coefficient (Wildman–Crippen LogP) is 4.74. The van der Waals surface area contributed by atoms with E-state index in [9.17, 15) is 4.79 Å². The SMILES string of the molecule is Cc1cc(Cl)c(Nc2ccc(C(=O)O)cc2)cc1Cl.